The number of rotatable bonds is 4. The van der Waals surface area contributed by atoms with E-state index in [4.69, 9.17) is 22.7 Å². The number of methoxy groups -OCH3 is 1. The molecule has 0 spiro atoms. The van der Waals surface area contributed by atoms with Crippen LogP contribution in [-0.4, -0.2) is 29.2 Å². The van der Waals surface area contributed by atoms with E-state index in [0.717, 1.165) is 18.5 Å². The van der Waals surface area contributed by atoms with Crippen LogP contribution in [0.15, 0.2) is 18.3 Å². The van der Waals surface area contributed by atoms with Gasteiger partial charge in [0, 0.05) is 13.2 Å². The topological polar surface area (TPSA) is 60.2 Å². The van der Waals surface area contributed by atoms with Crippen LogP contribution in [0.2, 0.25) is 0 Å². The minimum Gasteiger partial charge on any atom is -0.388 e. The molecule has 1 aliphatic rings. The minimum absolute atomic E-state index is 0.328. The van der Waals surface area contributed by atoms with Crippen molar-refractivity contribution in [2.45, 2.75) is 25.0 Å². The summed E-state index contributed by atoms with van der Waals surface area (Å²) in [6, 6.07) is 4.26. The number of thiocarbonyl (C=S) groups is 1. The van der Waals surface area contributed by atoms with E-state index >= 15 is 0 Å². The molecule has 0 bridgehead atoms. The first-order valence-electron chi connectivity index (χ1n) is 5.24. The van der Waals surface area contributed by atoms with Gasteiger partial charge in [-0.05, 0) is 25.0 Å². The Morgan fingerprint density at radius 3 is 2.81 bits per heavy atom. The Balaban J connectivity index is 1.89. The summed E-state index contributed by atoms with van der Waals surface area (Å²) < 4.78 is 5.22. The first-order valence-corrected chi connectivity index (χ1v) is 5.65. The van der Waals surface area contributed by atoms with Crippen molar-refractivity contribution >= 4 is 22.9 Å². The summed E-state index contributed by atoms with van der Waals surface area (Å²) in [5.41, 5.74) is 7.13. The van der Waals surface area contributed by atoms with E-state index < -0.39 is 0 Å². The Morgan fingerprint density at radius 2 is 2.31 bits per heavy atom. The lowest BCUT2D eigenvalue weighted by Crippen LogP contribution is -2.40. The van der Waals surface area contributed by atoms with Crippen molar-refractivity contribution in [2.24, 2.45) is 5.73 Å². The molecule has 3 N–H and O–H groups in total. The van der Waals surface area contributed by atoms with Gasteiger partial charge >= 0.3 is 0 Å². The Hall–Kier alpha value is -1.20. The van der Waals surface area contributed by atoms with Crippen molar-refractivity contribution < 1.29 is 4.74 Å². The molecule has 1 fully saturated rings. The Morgan fingerprint density at radius 1 is 1.56 bits per heavy atom. The fourth-order valence-electron chi connectivity index (χ4n) is 1.74. The van der Waals surface area contributed by atoms with Crippen molar-refractivity contribution in [3.05, 3.63) is 24.0 Å². The average Bonchev–Trinajstić information content (AvgIpc) is 2.23. The molecular weight excluding hydrogens is 222 g/mol. The van der Waals surface area contributed by atoms with Gasteiger partial charge in [0.05, 0.1) is 23.7 Å². The number of anilines is 1. The van der Waals surface area contributed by atoms with Crippen LogP contribution in [0.5, 0.6) is 0 Å². The molecule has 0 unspecified atom stereocenters. The van der Waals surface area contributed by atoms with E-state index in [2.05, 4.69) is 10.3 Å². The van der Waals surface area contributed by atoms with Crippen molar-refractivity contribution in [3.8, 4) is 0 Å². The second-order valence-corrected chi connectivity index (χ2v) is 4.41. The number of nitrogens with two attached hydrogens (primary N) is 1. The van der Waals surface area contributed by atoms with Gasteiger partial charge < -0.3 is 15.8 Å². The van der Waals surface area contributed by atoms with E-state index in [0.29, 0.717) is 22.8 Å². The van der Waals surface area contributed by atoms with Crippen molar-refractivity contribution in [1.29, 1.82) is 0 Å². The molecule has 1 heterocycles. The smallest absolute Gasteiger partial charge is 0.122 e. The number of nitrogens with zero attached hydrogens (tertiary/aromatic N) is 1. The van der Waals surface area contributed by atoms with Gasteiger partial charge in [0.15, 0.2) is 0 Å². The van der Waals surface area contributed by atoms with Gasteiger partial charge in [-0.3, -0.25) is 4.98 Å². The second-order valence-electron chi connectivity index (χ2n) is 3.97. The molecule has 1 aliphatic carbocycles. The Bertz CT molecular complexity index is 373. The molecule has 0 aromatic carbocycles. The largest absolute Gasteiger partial charge is 0.388 e. The highest BCUT2D eigenvalue weighted by Crippen LogP contribution is 2.25. The third-order valence-corrected chi connectivity index (χ3v) is 3.02. The van der Waals surface area contributed by atoms with Gasteiger partial charge in [0.1, 0.15) is 4.99 Å². The molecule has 1 aromatic heterocycles. The summed E-state index contributed by atoms with van der Waals surface area (Å²) in [5.74, 6) is 0. The quantitative estimate of drug-likeness (QED) is 0.773. The van der Waals surface area contributed by atoms with Gasteiger partial charge in [-0.1, -0.05) is 12.2 Å². The number of nitrogens with one attached hydrogen (secondary N) is 1. The van der Waals surface area contributed by atoms with E-state index in [1.807, 2.05) is 12.1 Å². The Labute approximate surface area is 100 Å². The fraction of sp³-hybridized carbons (Fsp3) is 0.455. The normalized spacial score (nSPS) is 23.6. The van der Waals surface area contributed by atoms with Crippen molar-refractivity contribution in [1.82, 2.24) is 4.98 Å². The van der Waals surface area contributed by atoms with Crippen LogP contribution in [0.4, 0.5) is 5.69 Å². The molecule has 1 saturated carbocycles. The predicted octanol–water partition coefficient (Wildman–Crippen LogP) is 1.31. The highest BCUT2D eigenvalue weighted by atomic mass is 32.1. The molecule has 0 aliphatic heterocycles. The van der Waals surface area contributed by atoms with Gasteiger partial charge in [-0.15, -0.1) is 0 Å². The first-order chi connectivity index (χ1) is 7.69. The zero-order chi connectivity index (χ0) is 11.5. The molecule has 5 heteroatoms. The zero-order valence-electron chi connectivity index (χ0n) is 9.14. The van der Waals surface area contributed by atoms with Crippen molar-refractivity contribution in [2.75, 3.05) is 12.4 Å². The third-order valence-electron chi connectivity index (χ3n) is 2.81. The maximum Gasteiger partial charge on any atom is 0.122 e. The van der Waals surface area contributed by atoms with Crippen LogP contribution in [0, 0.1) is 0 Å². The molecule has 16 heavy (non-hydrogen) atoms. The number of pyridine rings is 1. The summed E-state index contributed by atoms with van der Waals surface area (Å²) in [7, 11) is 1.75. The molecule has 0 radical (unpaired) electrons. The third kappa shape index (κ3) is 2.48. The lowest BCUT2D eigenvalue weighted by atomic mass is 9.89. The summed E-state index contributed by atoms with van der Waals surface area (Å²) in [6.07, 6.45) is 4.26. The van der Waals surface area contributed by atoms with Gasteiger partial charge in [0.25, 0.3) is 0 Å². The number of aromatic nitrogens is 1. The monoisotopic (exact) mass is 237 g/mol. The van der Waals surface area contributed by atoms with Crippen LogP contribution < -0.4 is 11.1 Å². The number of hydrogen-bond donors (Lipinski definition) is 2. The standard InChI is InChI=1S/C11H15N3OS/c1-15-9-4-8(5-9)14-7-2-3-10(11(12)16)13-6-7/h2-3,6,8-9,14H,4-5H2,1H3,(H2,12,16). The zero-order valence-corrected chi connectivity index (χ0v) is 9.96. The molecule has 1 aromatic rings. The number of ether oxygens (including phenoxy) is 1. The van der Waals surface area contributed by atoms with Crippen LogP contribution in [-0.2, 0) is 4.74 Å². The average molecular weight is 237 g/mol. The van der Waals surface area contributed by atoms with Gasteiger partial charge in [-0.25, -0.2) is 0 Å². The van der Waals surface area contributed by atoms with Gasteiger partial charge in [-0.2, -0.15) is 0 Å². The summed E-state index contributed by atoms with van der Waals surface area (Å²) in [4.78, 5) is 4.50. The van der Waals surface area contributed by atoms with Crippen LogP contribution in [0.1, 0.15) is 18.5 Å². The van der Waals surface area contributed by atoms with E-state index in [1.54, 1.807) is 13.3 Å². The van der Waals surface area contributed by atoms with E-state index in [-0.39, 0.29) is 0 Å². The highest BCUT2D eigenvalue weighted by Gasteiger charge is 2.28. The first kappa shape index (κ1) is 11.3. The summed E-state index contributed by atoms with van der Waals surface area (Å²) in [6.45, 7) is 0. The number of hydrogen-bond acceptors (Lipinski definition) is 4. The van der Waals surface area contributed by atoms with E-state index in [9.17, 15) is 0 Å². The van der Waals surface area contributed by atoms with Crippen LogP contribution >= 0.6 is 12.2 Å². The summed E-state index contributed by atoms with van der Waals surface area (Å²) >= 11 is 4.84. The summed E-state index contributed by atoms with van der Waals surface area (Å²) in [5, 5.41) is 3.38. The molecular formula is C11H15N3OS. The molecule has 2 rings (SSSR count). The van der Waals surface area contributed by atoms with Crippen molar-refractivity contribution in [3.63, 3.8) is 0 Å². The Kier molecular flexibility index (Phi) is 3.36. The lowest BCUT2D eigenvalue weighted by molar-refractivity contribution is 0.0328. The minimum atomic E-state index is 0.328. The maximum atomic E-state index is 5.47. The molecule has 86 valence electrons. The molecule has 4 nitrogen and oxygen atoms in total. The second kappa shape index (κ2) is 4.76. The SMILES string of the molecule is COC1CC(Nc2ccc(C(N)=S)nc2)C1. The van der Waals surface area contributed by atoms with Gasteiger partial charge in [0.2, 0.25) is 0 Å². The van der Waals surface area contributed by atoms with Crippen LogP contribution in [0.3, 0.4) is 0 Å². The van der Waals surface area contributed by atoms with E-state index in [1.165, 1.54) is 0 Å². The molecule has 0 saturated heterocycles. The highest BCUT2D eigenvalue weighted by molar-refractivity contribution is 7.80. The lowest BCUT2D eigenvalue weighted by Gasteiger charge is -2.35. The predicted molar refractivity (Wildman–Crippen MR) is 67.6 cm³/mol. The fourth-order valence-corrected chi connectivity index (χ4v) is 1.86. The van der Waals surface area contributed by atoms with Crippen LogP contribution in [0.25, 0.3) is 0 Å². The maximum absolute atomic E-state index is 5.47. The molecule has 0 amide bonds. The molecule has 0 atom stereocenters.